The van der Waals surface area contributed by atoms with Gasteiger partial charge in [-0.2, -0.15) is 0 Å². The molecule has 4 aliphatic rings. The topological polar surface area (TPSA) is 63.6 Å². The minimum atomic E-state index is -0.508. The molecule has 0 radical (unpaired) electrons. The van der Waals surface area contributed by atoms with E-state index in [2.05, 4.69) is 20.8 Å². The van der Waals surface area contributed by atoms with Crippen LogP contribution in [0.3, 0.4) is 0 Å². The van der Waals surface area contributed by atoms with Gasteiger partial charge in [0.05, 0.1) is 7.11 Å². The van der Waals surface area contributed by atoms with Gasteiger partial charge in [0.25, 0.3) is 0 Å². The number of ketones is 2. The molecule has 4 nitrogen and oxygen atoms in total. The molecule has 4 atom stereocenters. The summed E-state index contributed by atoms with van der Waals surface area (Å²) in [6, 6.07) is 0. The van der Waals surface area contributed by atoms with E-state index in [-0.39, 0.29) is 33.7 Å². The third kappa shape index (κ3) is 2.13. The third-order valence-electron chi connectivity index (χ3n) is 8.37. The molecular formula is C22H30O4. The largest absolute Gasteiger partial charge is 0.504 e. The molecule has 0 heterocycles. The maximum atomic E-state index is 12.8. The van der Waals surface area contributed by atoms with Crippen LogP contribution in [0, 0.1) is 28.1 Å². The normalized spacial score (nSPS) is 41.3. The standard InChI is InChI=1S/C22H30O4/c1-13-6-7-17-20(2,3)8-5-9-21(17)12-22(13,21)11-14-18(24)15(23)10-16(26-4)19(14)25/h10,13,17,24H,5-9,11-12H2,1-4H3/t13-,17-,21+,22-/m0/s1. The summed E-state index contributed by atoms with van der Waals surface area (Å²) in [5, 5.41) is 10.4. The zero-order chi connectivity index (χ0) is 18.9. The summed E-state index contributed by atoms with van der Waals surface area (Å²) in [6.45, 7) is 7.09. The Morgan fingerprint density at radius 1 is 1.23 bits per heavy atom. The van der Waals surface area contributed by atoms with Gasteiger partial charge in [-0.1, -0.05) is 27.2 Å². The predicted octanol–water partition coefficient (Wildman–Crippen LogP) is 4.50. The average Bonchev–Trinajstić information content (AvgIpc) is 3.24. The van der Waals surface area contributed by atoms with E-state index >= 15 is 0 Å². The van der Waals surface area contributed by atoms with Crippen molar-refractivity contribution in [2.75, 3.05) is 7.11 Å². The van der Waals surface area contributed by atoms with Crippen molar-refractivity contribution < 1.29 is 19.4 Å². The van der Waals surface area contributed by atoms with Gasteiger partial charge in [-0.15, -0.1) is 0 Å². The molecule has 4 aliphatic carbocycles. The summed E-state index contributed by atoms with van der Waals surface area (Å²) in [7, 11) is 1.40. The smallest absolute Gasteiger partial charge is 0.227 e. The highest BCUT2D eigenvalue weighted by Gasteiger charge is 2.75. The molecule has 0 aromatic heterocycles. The number of hydrogen-bond acceptors (Lipinski definition) is 4. The Bertz CT molecular complexity index is 743. The van der Waals surface area contributed by atoms with Gasteiger partial charge in [-0.05, 0) is 66.6 Å². The highest BCUT2D eigenvalue weighted by atomic mass is 16.5. The van der Waals surface area contributed by atoms with Gasteiger partial charge in [0.15, 0.2) is 11.5 Å². The molecule has 4 rings (SSSR count). The lowest BCUT2D eigenvalue weighted by Gasteiger charge is -2.52. The zero-order valence-electron chi connectivity index (χ0n) is 16.4. The first kappa shape index (κ1) is 17.8. The second kappa shape index (κ2) is 5.46. The van der Waals surface area contributed by atoms with Gasteiger partial charge in [0.1, 0.15) is 0 Å². The maximum Gasteiger partial charge on any atom is 0.227 e. The molecule has 0 unspecified atom stereocenters. The number of Topliss-reactive ketones (excluding diaryl/α,β-unsaturated/α-hetero) is 1. The van der Waals surface area contributed by atoms with Crippen molar-refractivity contribution >= 4 is 11.6 Å². The van der Waals surface area contributed by atoms with E-state index in [1.54, 1.807) is 0 Å². The van der Waals surface area contributed by atoms with Crippen molar-refractivity contribution in [2.24, 2.45) is 28.1 Å². The molecule has 0 saturated heterocycles. The molecule has 1 N–H and O–H groups in total. The van der Waals surface area contributed by atoms with Crippen LogP contribution in [-0.4, -0.2) is 23.8 Å². The third-order valence-corrected chi connectivity index (χ3v) is 8.37. The van der Waals surface area contributed by atoms with Crippen LogP contribution in [0.4, 0.5) is 0 Å². The fraction of sp³-hybridized carbons (Fsp3) is 0.727. The van der Waals surface area contributed by atoms with Crippen molar-refractivity contribution in [3.63, 3.8) is 0 Å². The van der Waals surface area contributed by atoms with Crippen LogP contribution in [0.5, 0.6) is 0 Å². The number of aliphatic hydroxyl groups excluding tert-OH is 1. The Morgan fingerprint density at radius 2 is 1.96 bits per heavy atom. The van der Waals surface area contributed by atoms with Crippen molar-refractivity contribution in [3.05, 3.63) is 23.2 Å². The average molecular weight is 358 g/mol. The zero-order valence-corrected chi connectivity index (χ0v) is 16.4. The summed E-state index contributed by atoms with van der Waals surface area (Å²) in [6.07, 6.45) is 8.89. The molecule has 3 fully saturated rings. The summed E-state index contributed by atoms with van der Waals surface area (Å²) < 4.78 is 5.10. The molecule has 0 bridgehead atoms. The minimum Gasteiger partial charge on any atom is -0.504 e. The highest BCUT2D eigenvalue weighted by molar-refractivity contribution is 6.20. The van der Waals surface area contributed by atoms with E-state index in [0.29, 0.717) is 23.7 Å². The molecule has 26 heavy (non-hydrogen) atoms. The van der Waals surface area contributed by atoms with Crippen LogP contribution >= 0.6 is 0 Å². The summed E-state index contributed by atoms with van der Waals surface area (Å²) in [5.41, 5.74) is 0.934. The summed E-state index contributed by atoms with van der Waals surface area (Å²) >= 11 is 0. The van der Waals surface area contributed by atoms with Crippen LogP contribution in [0.1, 0.15) is 65.7 Å². The SMILES string of the molecule is COC1=CC(=O)C(O)=C(C[C@@]23C[C@@]24CCCC(C)(C)[C@@H]4CC[C@@H]3C)C1=O. The second-order valence-corrected chi connectivity index (χ2v) is 9.77. The Kier molecular flexibility index (Phi) is 3.74. The van der Waals surface area contributed by atoms with Gasteiger partial charge in [0, 0.05) is 11.6 Å². The van der Waals surface area contributed by atoms with Gasteiger partial charge >= 0.3 is 0 Å². The lowest BCUT2D eigenvalue weighted by molar-refractivity contribution is -0.120. The first-order valence-electron chi connectivity index (χ1n) is 9.95. The van der Waals surface area contributed by atoms with E-state index in [1.165, 1.54) is 39.2 Å². The molecule has 142 valence electrons. The molecule has 0 aliphatic heterocycles. The van der Waals surface area contributed by atoms with Crippen LogP contribution in [0.2, 0.25) is 0 Å². The first-order chi connectivity index (χ1) is 12.2. The van der Waals surface area contributed by atoms with Gasteiger partial charge in [-0.3, -0.25) is 9.59 Å². The number of rotatable bonds is 3. The number of aliphatic hydroxyl groups is 1. The van der Waals surface area contributed by atoms with Crippen LogP contribution in [0.25, 0.3) is 0 Å². The number of carbonyl (C=O) groups is 2. The van der Waals surface area contributed by atoms with Crippen molar-refractivity contribution in [1.82, 2.24) is 0 Å². The molecule has 3 saturated carbocycles. The molecule has 0 aromatic carbocycles. The molecular weight excluding hydrogens is 328 g/mol. The number of methoxy groups -OCH3 is 1. The molecule has 0 aromatic rings. The fourth-order valence-corrected chi connectivity index (χ4v) is 7.01. The Balaban J connectivity index is 1.71. The van der Waals surface area contributed by atoms with Gasteiger partial charge in [-0.25, -0.2) is 0 Å². The maximum absolute atomic E-state index is 12.8. The second-order valence-electron chi connectivity index (χ2n) is 9.77. The van der Waals surface area contributed by atoms with Crippen molar-refractivity contribution in [1.29, 1.82) is 0 Å². The lowest BCUT2D eigenvalue weighted by Crippen LogP contribution is -2.44. The fourth-order valence-electron chi connectivity index (χ4n) is 7.01. The van der Waals surface area contributed by atoms with Crippen molar-refractivity contribution in [3.8, 4) is 0 Å². The van der Waals surface area contributed by atoms with E-state index in [9.17, 15) is 14.7 Å². The predicted molar refractivity (Wildman–Crippen MR) is 98.4 cm³/mol. The van der Waals surface area contributed by atoms with E-state index in [1.807, 2.05) is 0 Å². The number of hydrogen-bond donors (Lipinski definition) is 1. The Hall–Kier alpha value is -1.58. The monoisotopic (exact) mass is 358 g/mol. The molecule has 1 spiro atoms. The Morgan fingerprint density at radius 3 is 2.65 bits per heavy atom. The molecule has 4 heteroatoms. The number of ether oxygens (including phenoxy) is 1. The first-order valence-corrected chi connectivity index (χ1v) is 9.95. The number of carbonyl (C=O) groups excluding carboxylic acids is 2. The highest BCUT2D eigenvalue weighted by Crippen LogP contribution is 2.83. The van der Waals surface area contributed by atoms with E-state index < -0.39 is 5.78 Å². The quantitative estimate of drug-likeness (QED) is 0.754. The van der Waals surface area contributed by atoms with Crippen molar-refractivity contribution in [2.45, 2.75) is 65.7 Å². The van der Waals surface area contributed by atoms with Crippen LogP contribution in [0.15, 0.2) is 23.2 Å². The summed E-state index contributed by atoms with van der Waals surface area (Å²) in [4.78, 5) is 24.9. The minimum absolute atomic E-state index is 0.0447. The van der Waals surface area contributed by atoms with E-state index in [0.717, 1.165) is 12.5 Å². The molecule has 0 amide bonds. The summed E-state index contributed by atoms with van der Waals surface area (Å²) in [5.74, 6) is 0.0498. The lowest BCUT2D eigenvalue weighted by atomic mass is 9.53. The number of allylic oxidation sites excluding steroid dienone is 2. The van der Waals surface area contributed by atoms with E-state index in [4.69, 9.17) is 4.74 Å². The van der Waals surface area contributed by atoms with Gasteiger partial charge < -0.3 is 9.84 Å². The van der Waals surface area contributed by atoms with Crippen LogP contribution in [-0.2, 0) is 14.3 Å². The Labute approximate surface area is 155 Å². The van der Waals surface area contributed by atoms with Gasteiger partial charge in [0.2, 0.25) is 11.6 Å². The van der Waals surface area contributed by atoms with Crippen LogP contribution < -0.4 is 0 Å².